The van der Waals surface area contributed by atoms with E-state index in [4.69, 9.17) is 5.73 Å². The van der Waals surface area contributed by atoms with E-state index in [1.807, 2.05) is 27.2 Å². The molecule has 0 bridgehead atoms. The minimum atomic E-state index is -0.121. The van der Waals surface area contributed by atoms with Gasteiger partial charge in [-0.05, 0) is 32.3 Å². The van der Waals surface area contributed by atoms with Gasteiger partial charge in [0.2, 0.25) is 0 Å². The molecule has 0 saturated heterocycles. The summed E-state index contributed by atoms with van der Waals surface area (Å²) < 4.78 is 0. The third kappa shape index (κ3) is 3.63. The van der Waals surface area contributed by atoms with E-state index < -0.39 is 0 Å². The molecule has 0 saturated carbocycles. The van der Waals surface area contributed by atoms with Crippen molar-refractivity contribution in [3.63, 3.8) is 0 Å². The van der Waals surface area contributed by atoms with Gasteiger partial charge < -0.3 is 20.9 Å². The third-order valence-electron chi connectivity index (χ3n) is 2.81. The molecule has 1 amide bonds. The van der Waals surface area contributed by atoms with Gasteiger partial charge in [-0.15, -0.1) is 0 Å². The summed E-state index contributed by atoms with van der Waals surface area (Å²) >= 11 is 0. The van der Waals surface area contributed by atoms with Gasteiger partial charge in [0, 0.05) is 32.7 Å². The monoisotopic (exact) mass is 250 g/mol. The Morgan fingerprint density at radius 1 is 1.28 bits per heavy atom. The van der Waals surface area contributed by atoms with Crippen LogP contribution in [0, 0.1) is 0 Å². The normalized spacial score (nSPS) is 10.5. The summed E-state index contributed by atoms with van der Waals surface area (Å²) in [7, 11) is 7.67. The molecule has 1 aromatic rings. The standard InChI is InChI=1S/C13H22N4O/c1-15-13(18)10-5-6-12(11(14)9-10)17(4)8-7-16(2)3/h5-6,9H,7-8,14H2,1-4H3,(H,15,18). The molecule has 0 fully saturated rings. The average molecular weight is 250 g/mol. The van der Waals surface area contributed by atoms with E-state index in [2.05, 4.69) is 15.1 Å². The van der Waals surface area contributed by atoms with Crippen LogP contribution in [0.3, 0.4) is 0 Å². The van der Waals surface area contributed by atoms with E-state index in [1.165, 1.54) is 0 Å². The molecule has 0 unspecified atom stereocenters. The molecule has 100 valence electrons. The number of carbonyl (C=O) groups is 1. The van der Waals surface area contributed by atoms with Crippen molar-refractivity contribution in [2.75, 3.05) is 51.9 Å². The van der Waals surface area contributed by atoms with Gasteiger partial charge >= 0.3 is 0 Å². The average Bonchev–Trinajstić information content (AvgIpc) is 2.34. The van der Waals surface area contributed by atoms with E-state index in [9.17, 15) is 4.79 Å². The summed E-state index contributed by atoms with van der Waals surface area (Å²) in [5.74, 6) is -0.121. The fourth-order valence-electron chi connectivity index (χ4n) is 1.66. The van der Waals surface area contributed by atoms with Crippen LogP contribution in [0.2, 0.25) is 0 Å². The number of benzene rings is 1. The molecular weight excluding hydrogens is 228 g/mol. The number of hydrogen-bond acceptors (Lipinski definition) is 4. The summed E-state index contributed by atoms with van der Waals surface area (Å²) in [5, 5.41) is 2.58. The van der Waals surface area contributed by atoms with Crippen molar-refractivity contribution in [3.8, 4) is 0 Å². The number of nitrogens with one attached hydrogen (secondary N) is 1. The van der Waals surface area contributed by atoms with Crippen LogP contribution < -0.4 is 16.0 Å². The number of hydrogen-bond donors (Lipinski definition) is 2. The molecule has 1 rings (SSSR count). The zero-order valence-corrected chi connectivity index (χ0v) is 11.5. The highest BCUT2D eigenvalue weighted by molar-refractivity contribution is 5.95. The summed E-state index contributed by atoms with van der Waals surface area (Å²) in [5.41, 5.74) is 8.14. The molecule has 0 heterocycles. The number of nitrogens with two attached hydrogens (primary N) is 1. The van der Waals surface area contributed by atoms with E-state index in [0.29, 0.717) is 11.3 Å². The summed E-state index contributed by atoms with van der Waals surface area (Å²) in [4.78, 5) is 15.7. The summed E-state index contributed by atoms with van der Waals surface area (Å²) in [6.07, 6.45) is 0. The lowest BCUT2D eigenvalue weighted by Gasteiger charge is -2.23. The van der Waals surface area contributed by atoms with Crippen molar-refractivity contribution >= 4 is 17.3 Å². The quantitative estimate of drug-likeness (QED) is 0.752. The Balaban J connectivity index is 2.81. The highest BCUT2D eigenvalue weighted by atomic mass is 16.1. The first-order valence-corrected chi connectivity index (χ1v) is 5.93. The predicted molar refractivity (Wildman–Crippen MR) is 76.1 cm³/mol. The second-order valence-electron chi connectivity index (χ2n) is 4.58. The molecule has 0 aliphatic carbocycles. The van der Waals surface area contributed by atoms with E-state index in [-0.39, 0.29) is 5.91 Å². The van der Waals surface area contributed by atoms with Crippen LogP contribution in [0.15, 0.2) is 18.2 Å². The fourth-order valence-corrected chi connectivity index (χ4v) is 1.66. The van der Waals surface area contributed by atoms with Gasteiger partial charge in [0.1, 0.15) is 0 Å². The highest BCUT2D eigenvalue weighted by Gasteiger charge is 2.09. The number of amides is 1. The van der Waals surface area contributed by atoms with Gasteiger partial charge in [-0.25, -0.2) is 0 Å². The van der Waals surface area contributed by atoms with Crippen LogP contribution >= 0.6 is 0 Å². The van der Waals surface area contributed by atoms with Gasteiger partial charge in [0.15, 0.2) is 0 Å². The van der Waals surface area contributed by atoms with Crippen LogP contribution in [0.25, 0.3) is 0 Å². The Labute approximate surface area is 109 Å². The Bertz CT molecular complexity index is 417. The maximum Gasteiger partial charge on any atom is 0.251 e. The molecule has 5 heteroatoms. The molecule has 0 aromatic heterocycles. The van der Waals surface area contributed by atoms with Crippen LogP contribution in [0.4, 0.5) is 11.4 Å². The van der Waals surface area contributed by atoms with Gasteiger partial charge in [0.25, 0.3) is 5.91 Å². The van der Waals surface area contributed by atoms with Crippen LogP contribution in [-0.4, -0.2) is 52.1 Å². The minimum absolute atomic E-state index is 0.121. The Kier molecular flexibility index (Phi) is 4.97. The van der Waals surface area contributed by atoms with Crippen molar-refractivity contribution < 1.29 is 4.79 Å². The molecular formula is C13H22N4O. The van der Waals surface area contributed by atoms with Crippen molar-refractivity contribution in [3.05, 3.63) is 23.8 Å². The van der Waals surface area contributed by atoms with Crippen molar-refractivity contribution in [2.45, 2.75) is 0 Å². The number of rotatable bonds is 5. The maximum absolute atomic E-state index is 11.5. The molecule has 0 aliphatic heterocycles. The lowest BCUT2D eigenvalue weighted by atomic mass is 10.1. The molecule has 3 N–H and O–H groups in total. The first kappa shape index (κ1) is 14.3. The summed E-state index contributed by atoms with van der Waals surface area (Å²) in [6, 6.07) is 5.38. The first-order chi connectivity index (χ1) is 8.45. The lowest BCUT2D eigenvalue weighted by molar-refractivity contribution is 0.0963. The minimum Gasteiger partial charge on any atom is -0.397 e. The topological polar surface area (TPSA) is 61.6 Å². The summed E-state index contributed by atoms with van der Waals surface area (Å²) in [6.45, 7) is 1.84. The zero-order valence-electron chi connectivity index (χ0n) is 11.5. The SMILES string of the molecule is CNC(=O)c1ccc(N(C)CCN(C)C)c(N)c1. The van der Waals surface area contributed by atoms with Gasteiger partial charge in [0.05, 0.1) is 11.4 Å². The maximum atomic E-state index is 11.5. The Hall–Kier alpha value is -1.75. The number of anilines is 2. The van der Waals surface area contributed by atoms with E-state index in [1.54, 1.807) is 19.2 Å². The molecule has 1 aromatic carbocycles. The second-order valence-corrected chi connectivity index (χ2v) is 4.58. The van der Waals surface area contributed by atoms with Crippen LogP contribution in [-0.2, 0) is 0 Å². The number of likely N-dealkylation sites (N-methyl/N-ethyl adjacent to an activating group) is 2. The number of nitrogens with zero attached hydrogens (tertiary/aromatic N) is 2. The number of carbonyl (C=O) groups excluding carboxylic acids is 1. The smallest absolute Gasteiger partial charge is 0.251 e. The molecule has 18 heavy (non-hydrogen) atoms. The molecule has 0 atom stereocenters. The largest absolute Gasteiger partial charge is 0.397 e. The van der Waals surface area contributed by atoms with Gasteiger partial charge in [-0.1, -0.05) is 0 Å². The van der Waals surface area contributed by atoms with E-state index >= 15 is 0 Å². The highest BCUT2D eigenvalue weighted by Crippen LogP contribution is 2.23. The van der Waals surface area contributed by atoms with Crippen molar-refractivity contribution in [1.29, 1.82) is 0 Å². The number of nitrogen functional groups attached to an aromatic ring is 1. The lowest BCUT2D eigenvalue weighted by Crippen LogP contribution is -2.29. The van der Waals surface area contributed by atoms with Crippen LogP contribution in [0.1, 0.15) is 10.4 Å². The second kappa shape index (κ2) is 6.26. The molecule has 0 radical (unpaired) electrons. The fraction of sp³-hybridized carbons (Fsp3) is 0.462. The van der Waals surface area contributed by atoms with Gasteiger partial charge in [-0.3, -0.25) is 4.79 Å². The van der Waals surface area contributed by atoms with Gasteiger partial charge in [-0.2, -0.15) is 0 Å². The Morgan fingerprint density at radius 3 is 2.44 bits per heavy atom. The molecule has 0 spiro atoms. The van der Waals surface area contributed by atoms with E-state index in [0.717, 1.165) is 18.8 Å². The predicted octanol–water partition coefficient (Wildman–Crippen LogP) is 0.626. The molecule has 5 nitrogen and oxygen atoms in total. The first-order valence-electron chi connectivity index (χ1n) is 5.93. The zero-order chi connectivity index (χ0) is 13.7. The molecule has 0 aliphatic rings. The third-order valence-corrected chi connectivity index (χ3v) is 2.81. The van der Waals surface area contributed by atoms with Crippen molar-refractivity contribution in [1.82, 2.24) is 10.2 Å². The van der Waals surface area contributed by atoms with Crippen molar-refractivity contribution in [2.24, 2.45) is 0 Å². The Morgan fingerprint density at radius 2 is 1.94 bits per heavy atom. The van der Waals surface area contributed by atoms with Crippen LogP contribution in [0.5, 0.6) is 0 Å².